The molecule has 1 unspecified atom stereocenters. The number of hydrogen-bond donors (Lipinski definition) is 0. The van der Waals surface area contributed by atoms with Crippen LogP contribution in [0.15, 0.2) is 24.3 Å². The summed E-state index contributed by atoms with van der Waals surface area (Å²) in [5.41, 5.74) is 0. The zero-order valence-corrected chi connectivity index (χ0v) is 14.6. The van der Waals surface area contributed by atoms with Crippen LogP contribution in [0.3, 0.4) is 0 Å². The second-order valence-electron chi connectivity index (χ2n) is 6.82. The summed E-state index contributed by atoms with van der Waals surface area (Å²) in [6.45, 7) is 5.09. The number of nitrogens with zero attached hydrogens (tertiary/aromatic N) is 2. The van der Waals surface area contributed by atoms with E-state index in [4.69, 9.17) is 9.47 Å². The Labute approximate surface area is 144 Å². The van der Waals surface area contributed by atoms with Crippen molar-refractivity contribution in [1.82, 2.24) is 9.80 Å². The minimum absolute atomic E-state index is 0.281. The lowest BCUT2D eigenvalue weighted by Gasteiger charge is -2.33. The number of hydrogen-bond acceptors (Lipinski definition) is 4. The molecule has 2 heterocycles. The van der Waals surface area contributed by atoms with E-state index in [2.05, 4.69) is 4.90 Å². The van der Waals surface area contributed by atoms with E-state index < -0.39 is 0 Å². The van der Waals surface area contributed by atoms with Crippen molar-refractivity contribution >= 4 is 5.91 Å². The average molecular weight is 332 g/mol. The van der Waals surface area contributed by atoms with Gasteiger partial charge in [0.1, 0.15) is 11.5 Å². The number of piperidine rings is 1. The summed E-state index contributed by atoms with van der Waals surface area (Å²) in [5.74, 6) is 2.32. The monoisotopic (exact) mass is 332 g/mol. The first-order valence-corrected chi connectivity index (χ1v) is 9.01. The number of rotatable bonds is 6. The predicted molar refractivity (Wildman–Crippen MR) is 93.5 cm³/mol. The van der Waals surface area contributed by atoms with E-state index in [1.54, 1.807) is 7.11 Å². The molecule has 0 aliphatic carbocycles. The van der Waals surface area contributed by atoms with Gasteiger partial charge in [0.25, 0.3) is 0 Å². The van der Waals surface area contributed by atoms with Crippen molar-refractivity contribution in [3.8, 4) is 11.5 Å². The Hall–Kier alpha value is -1.75. The van der Waals surface area contributed by atoms with E-state index in [-0.39, 0.29) is 5.91 Å². The normalized spacial score (nSPS) is 21.7. The molecule has 0 radical (unpaired) electrons. The van der Waals surface area contributed by atoms with Gasteiger partial charge < -0.3 is 14.4 Å². The third-order valence-corrected chi connectivity index (χ3v) is 4.96. The predicted octanol–water partition coefficient (Wildman–Crippen LogP) is 2.41. The molecule has 3 rings (SSSR count). The van der Waals surface area contributed by atoms with Gasteiger partial charge in [0.15, 0.2) is 0 Å². The van der Waals surface area contributed by atoms with Crippen molar-refractivity contribution in [1.29, 1.82) is 0 Å². The number of carbonyl (C=O) groups excluding carboxylic acids is 1. The van der Waals surface area contributed by atoms with Gasteiger partial charge >= 0.3 is 0 Å². The topological polar surface area (TPSA) is 42.0 Å². The van der Waals surface area contributed by atoms with Gasteiger partial charge in [0.2, 0.25) is 5.91 Å². The average Bonchev–Trinajstić information content (AvgIpc) is 3.13. The molecular weight excluding hydrogens is 304 g/mol. The minimum atomic E-state index is 0.281. The SMILES string of the molecule is COc1cccc(OCC2CCCN(C(=O)CN3CCCC3)C2)c1. The van der Waals surface area contributed by atoms with Crippen LogP contribution >= 0.6 is 0 Å². The number of methoxy groups -OCH3 is 1. The van der Waals surface area contributed by atoms with Crippen molar-refractivity contribution < 1.29 is 14.3 Å². The fraction of sp³-hybridized carbons (Fsp3) is 0.632. The van der Waals surface area contributed by atoms with E-state index in [0.717, 1.165) is 50.5 Å². The fourth-order valence-electron chi connectivity index (χ4n) is 3.56. The zero-order valence-electron chi connectivity index (χ0n) is 14.6. The van der Waals surface area contributed by atoms with Gasteiger partial charge in [-0.3, -0.25) is 9.69 Å². The Balaban J connectivity index is 1.46. The number of carbonyl (C=O) groups is 1. The molecule has 24 heavy (non-hydrogen) atoms. The van der Waals surface area contributed by atoms with E-state index in [0.29, 0.717) is 19.1 Å². The van der Waals surface area contributed by atoms with Crippen molar-refractivity contribution in [3.63, 3.8) is 0 Å². The van der Waals surface area contributed by atoms with Gasteiger partial charge in [-0.2, -0.15) is 0 Å². The van der Waals surface area contributed by atoms with Crippen LogP contribution in [0.25, 0.3) is 0 Å². The zero-order chi connectivity index (χ0) is 16.8. The van der Waals surface area contributed by atoms with Crippen LogP contribution in [0.2, 0.25) is 0 Å². The number of benzene rings is 1. The van der Waals surface area contributed by atoms with E-state index in [1.807, 2.05) is 29.2 Å². The highest BCUT2D eigenvalue weighted by Gasteiger charge is 2.26. The van der Waals surface area contributed by atoms with Crippen LogP contribution in [-0.4, -0.2) is 62.1 Å². The number of amides is 1. The summed E-state index contributed by atoms with van der Waals surface area (Å²) in [6.07, 6.45) is 4.64. The molecule has 2 aliphatic heterocycles. The van der Waals surface area contributed by atoms with Crippen LogP contribution in [0.1, 0.15) is 25.7 Å². The molecule has 132 valence electrons. The van der Waals surface area contributed by atoms with Crippen molar-refractivity contribution in [2.45, 2.75) is 25.7 Å². The van der Waals surface area contributed by atoms with Crippen LogP contribution in [-0.2, 0) is 4.79 Å². The van der Waals surface area contributed by atoms with Gasteiger partial charge in [-0.15, -0.1) is 0 Å². The fourth-order valence-corrected chi connectivity index (χ4v) is 3.56. The summed E-state index contributed by atoms with van der Waals surface area (Å²) in [5, 5.41) is 0. The molecule has 1 amide bonds. The molecule has 0 N–H and O–H groups in total. The maximum atomic E-state index is 12.5. The maximum absolute atomic E-state index is 12.5. The molecule has 2 aliphatic rings. The molecule has 0 spiro atoms. The molecule has 0 aromatic heterocycles. The summed E-state index contributed by atoms with van der Waals surface area (Å²) >= 11 is 0. The highest BCUT2D eigenvalue weighted by molar-refractivity contribution is 5.78. The summed E-state index contributed by atoms with van der Waals surface area (Å²) in [4.78, 5) is 16.8. The molecular formula is C19H28N2O3. The van der Waals surface area contributed by atoms with Gasteiger partial charge in [0, 0.05) is 25.1 Å². The van der Waals surface area contributed by atoms with Crippen LogP contribution < -0.4 is 9.47 Å². The number of ether oxygens (including phenoxy) is 2. The van der Waals surface area contributed by atoms with Crippen LogP contribution in [0.5, 0.6) is 11.5 Å². The van der Waals surface area contributed by atoms with Gasteiger partial charge in [-0.05, 0) is 50.9 Å². The highest BCUT2D eigenvalue weighted by Crippen LogP contribution is 2.22. The Morgan fingerprint density at radius 3 is 2.75 bits per heavy atom. The molecule has 2 saturated heterocycles. The Bertz CT molecular complexity index is 543. The minimum Gasteiger partial charge on any atom is -0.497 e. The summed E-state index contributed by atoms with van der Waals surface area (Å²) in [7, 11) is 1.66. The molecule has 1 aromatic carbocycles. The first kappa shape index (κ1) is 17.1. The second-order valence-corrected chi connectivity index (χ2v) is 6.82. The summed E-state index contributed by atoms with van der Waals surface area (Å²) in [6, 6.07) is 7.69. The largest absolute Gasteiger partial charge is 0.497 e. The smallest absolute Gasteiger partial charge is 0.236 e. The molecule has 1 aromatic rings. The molecule has 2 fully saturated rings. The Kier molecular flexibility index (Phi) is 5.96. The van der Waals surface area contributed by atoms with Gasteiger partial charge in [-0.25, -0.2) is 0 Å². The van der Waals surface area contributed by atoms with Crippen LogP contribution in [0.4, 0.5) is 0 Å². The first-order chi connectivity index (χ1) is 11.7. The molecule has 5 heteroatoms. The molecule has 1 atom stereocenters. The number of likely N-dealkylation sites (tertiary alicyclic amines) is 2. The highest BCUT2D eigenvalue weighted by atomic mass is 16.5. The van der Waals surface area contributed by atoms with Gasteiger partial charge in [0.05, 0.1) is 20.3 Å². The summed E-state index contributed by atoms with van der Waals surface area (Å²) < 4.78 is 11.1. The van der Waals surface area contributed by atoms with Crippen molar-refractivity contribution in [2.75, 3.05) is 46.4 Å². The third kappa shape index (κ3) is 4.63. The molecule has 0 bridgehead atoms. The Morgan fingerprint density at radius 2 is 1.96 bits per heavy atom. The molecule has 5 nitrogen and oxygen atoms in total. The third-order valence-electron chi connectivity index (χ3n) is 4.96. The second kappa shape index (κ2) is 8.38. The maximum Gasteiger partial charge on any atom is 0.236 e. The van der Waals surface area contributed by atoms with Crippen LogP contribution in [0, 0.1) is 5.92 Å². The molecule has 0 saturated carbocycles. The standard InChI is InChI=1S/C19H28N2O3/c1-23-17-7-4-8-18(12-17)24-15-16-6-5-11-21(13-16)19(22)14-20-9-2-3-10-20/h4,7-8,12,16H,2-3,5-6,9-11,13-15H2,1H3. The Morgan fingerprint density at radius 1 is 1.17 bits per heavy atom. The van der Waals surface area contributed by atoms with E-state index in [9.17, 15) is 4.79 Å². The van der Waals surface area contributed by atoms with E-state index >= 15 is 0 Å². The van der Waals surface area contributed by atoms with Crippen molar-refractivity contribution in [3.05, 3.63) is 24.3 Å². The van der Waals surface area contributed by atoms with Crippen molar-refractivity contribution in [2.24, 2.45) is 5.92 Å². The first-order valence-electron chi connectivity index (χ1n) is 9.01. The van der Waals surface area contributed by atoms with E-state index in [1.165, 1.54) is 12.8 Å². The quantitative estimate of drug-likeness (QED) is 0.802. The lowest BCUT2D eigenvalue weighted by molar-refractivity contribution is -0.134. The lowest BCUT2D eigenvalue weighted by atomic mass is 9.99. The lowest BCUT2D eigenvalue weighted by Crippen LogP contribution is -2.45. The van der Waals surface area contributed by atoms with Gasteiger partial charge in [-0.1, -0.05) is 6.07 Å².